The van der Waals surface area contributed by atoms with Gasteiger partial charge in [-0.05, 0) is 12.0 Å². The average Bonchev–Trinajstić information content (AvgIpc) is 2.70. The highest BCUT2D eigenvalue weighted by molar-refractivity contribution is 6.35. The zero-order valence-corrected chi connectivity index (χ0v) is 15.6. The Labute approximate surface area is 155 Å². The summed E-state index contributed by atoms with van der Waals surface area (Å²) in [5.41, 5.74) is 0.323. The molecule has 144 valence electrons. The molecular weight excluding hydrogens is 334 g/mol. The number of methoxy groups -OCH3 is 1. The zero-order chi connectivity index (χ0) is 18.8. The first-order valence-electron chi connectivity index (χ1n) is 9.08. The van der Waals surface area contributed by atoms with E-state index >= 15 is 0 Å². The number of carbonyl (C=O) groups excluding carboxylic acids is 2. The van der Waals surface area contributed by atoms with E-state index in [1.54, 1.807) is 7.11 Å². The van der Waals surface area contributed by atoms with Crippen molar-refractivity contribution < 1.29 is 19.1 Å². The van der Waals surface area contributed by atoms with Crippen molar-refractivity contribution in [1.29, 1.82) is 0 Å². The summed E-state index contributed by atoms with van der Waals surface area (Å²) in [5, 5.41) is 5.37. The number of rotatable bonds is 8. The van der Waals surface area contributed by atoms with Crippen molar-refractivity contribution in [2.75, 3.05) is 53.0 Å². The number of benzene rings is 1. The fourth-order valence-corrected chi connectivity index (χ4v) is 3.04. The Bertz CT molecular complexity index is 569. The van der Waals surface area contributed by atoms with Crippen LogP contribution in [-0.4, -0.2) is 69.8 Å². The molecule has 2 N–H and O–H groups in total. The molecule has 1 fully saturated rings. The maximum atomic E-state index is 12.1. The van der Waals surface area contributed by atoms with Gasteiger partial charge in [-0.25, -0.2) is 0 Å². The number of hydrogen-bond donors (Lipinski definition) is 2. The standard InChI is InChI=1S/C19H29N3O4/c1-3-19(25-2,16-7-5-4-6-8-16)15-21-18(24)17(23)20-9-10-22-11-13-26-14-12-22/h4-8H,3,9-15H2,1-2H3,(H,20,23)(H,21,24). The second kappa shape index (κ2) is 10.3. The summed E-state index contributed by atoms with van der Waals surface area (Å²) in [7, 11) is 1.62. The Balaban J connectivity index is 1.80. The van der Waals surface area contributed by atoms with Gasteiger partial charge in [0.25, 0.3) is 0 Å². The first-order chi connectivity index (χ1) is 12.6. The summed E-state index contributed by atoms with van der Waals surface area (Å²) in [5.74, 6) is -1.26. The van der Waals surface area contributed by atoms with Gasteiger partial charge in [-0.2, -0.15) is 0 Å². The van der Waals surface area contributed by atoms with Crippen LogP contribution in [0.3, 0.4) is 0 Å². The van der Waals surface area contributed by atoms with E-state index in [1.807, 2.05) is 37.3 Å². The van der Waals surface area contributed by atoms with Crippen LogP contribution in [0.1, 0.15) is 18.9 Å². The number of amides is 2. The van der Waals surface area contributed by atoms with Gasteiger partial charge >= 0.3 is 11.8 Å². The summed E-state index contributed by atoms with van der Waals surface area (Å²) in [4.78, 5) is 26.3. The number of carbonyl (C=O) groups is 2. The van der Waals surface area contributed by atoms with Crippen molar-refractivity contribution in [3.63, 3.8) is 0 Å². The van der Waals surface area contributed by atoms with Crippen molar-refractivity contribution in [1.82, 2.24) is 15.5 Å². The third-order valence-electron chi connectivity index (χ3n) is 4.82. The second-order valence-electron chi connectivity index (χ2n) is 6.31. The number of nitrogens with zero attached hydrogens (tertiary/aromatic N) is 1. The lowest BCUT2D eigenvalue weighted by Crippen LogP contribution is -2.48. The van der Waals surface area contributed by atoms with Crippen molar-refractivity contribution in [3.8, 4) is 0 Å². The first kappa shape index (κ1) is 20.4. The second-order valence-corrected chi connectivity index (χ2v) is 6.31. The van der Waals surface area contributed by atoms with Gasteiger partial charge in [0.1, 0.15) is 5.60 Å². The molecule has 1 aliphatic heterocycles. The molecule has 0 bridgehead atoms. The Morgan fingerprint density at radius 2 is 1.81 bits per heavy atom. The van der Waals surface area contributed by atoms with E-state index in [2.05, 4.69) is 15.5 Å². The third-order valence-corrected chi connectivity index (χ3v) is 4.82. The summed E-state index contributed by atoms with van der Waals surface area (Å²) in [6.45, 7) is 6.51. The molecule has 1 atom stereocenters. The highest BCUT2D eigenvalue weighted by Crippen LogP contribution is 2.27. The maximum absolute atomic E-state index is 12.1. The summed E-state index contributed by atoms with van der Waals surface area (Å²) < 4.78 is 11.0. The van der Waals surface area contributed by atoms with Crippen LogP contribution in [-0.2, 0) is 24.7 Å². The molecule has 2 amide bonds. The Kier molecular flexibility index (Phi) is 8.03. The molecule has 7 heteroatoms. The molecule has 0 saturated carbocycles. The van der Waals surface area contributed by atoms with Crippen LogP contribution < -0.4 is 10.6 Å². The molecule has 7 nitrogen and oxygen atoms in total. The number of nitrogens with one attached hydrogen (secondary N) is 2. The molecule has 1 aliphatic rings. The lowest BCUT2D eigenvalue weighted by molar-refractivity contribution is -0.140. The SMILES string of the molecule is CCC(CNC(=O)C(=O)NCCN1CCOCC1)(OC)c1ccccc1. The highest BCUT2D eigenvalue weighted by Gasteiger charge is 2.31. The lowest BCUT2D eigenvalue weighted by atomic mass is 9.90. The predicted octanol–water partition coefficient (Wildman–Crippen LogP) is 0.503. The van der Waals surface area contributed by atoms with Gasteiger partial charge in [0.15, 0.2) is 0 Å². The van der Waals surface area contributed by atoms with E-state index in [0.29, 0.717) is 32.7 Å². The minimum atomic E-state index is -0.648. The van der Waals surface area contributed by atoms with Crippen LogP contribution >= 0.6 is 0 Å². The van der Waals surface area contributed by atoms with E-state index in [9.17, 15) is 9.59 Å². The van der Waals surface area contributed by atoms with Gasteiger partial charge in [-0.1, -0.05) is 37.3 Å². The fraction of sp³-hybridized carbons (Fsp3) is 0.579. The van der Waals surface area contributed by atoms with E-state index in [-0.39, 0.29) is 6.54 Å². The van der Waals surface area contributed by atoms with Crippen LogP contribution in [0.2, 0.25) is 0 Å². The number of hydrogen-bond acceptors (Lipinski definition) is 5. The van der Waals surface area contributed by atoms with Crippen LogP contribution in [0.5, 0.6) is 0 Å². The molecule has 1 unspecified atom stereocenters. The van der Waals surface area contributed by atoms with Crippen LogP contribution in [0, 0.1) is 0 Å². The molecule has 0 spiro atoms. The maximum Gasteiger partial charge on any atom is 0.309 e. The molecule has 1 aromatic carbocycles. The van der Waals surface area contributed by atoms with Crippen LogP contribution in [0.4, 0.5) is 0 Å². The van der Waals surface area contributed by atoms with Crippen molar-refractivity contribution >= 4 is 11.8 Å². The molecule has 0 aliphatic carbocycles. The molecule has 0 radical (unpaired) electrons. The predicted molar refractivity (Wildman–Crippen MR) is 98.7 cm³/mol. The highest BCUT2D eigenvalue weighted by atomic mass is 16.5. The topological polar surface area (TPSA) is 79.9 Å². The third kappa shape index (κ3) is 5.52. The lowest BCUT2D eigenvalue weighted by Gasteiger charge is -2.32. The molecule has 26 heavy (non-hydrogen) atoms. The van der Waals surface area contributed by atoms with E-state index in [1.165, 1.54) is 0 Å². The van der Waals surface area contributed by atoms with E-state index in [4.69, 9.17) is 9.47 Å². The fourth-order valence-electron chi connectivity index (χ4n) is 3.04. The molecular formula is C19H29N3O4. The minimum absolute atomic E-state index is 0.236. The van der Waals surface area contributed by atoms with Crippen LogP contribution in [0.25, 0.3) is 0 Å². The van der Waals surface area contributed by atoms with Crippen molar-refractivity contribution in [2.24, 2.45) is 0 Å². The number of ether oxygens (including phenoxy) is 2. The first-order valence-corrected chi connectivity index (χ1v) is 9.08. The molecule has 1 heterocycles. The Morgan fingerprint density at radius 1 is 1.15 bits per heavy atom. The van der Waals surface area contributed by atoms with Gasteiger partial charge in [0.05, 0.1) is 19.8 Å². The molecule has 2 rings (SSSR count). The summed E-state index contributed by atoms with van der Waals surface area (Å²) >= 11 is 0. The summed E-state index contributed by atoms with van der Waals surface area (Å²) in [6.07, 6.45) is 0.673. The average molecular weight is 363 g/mol. The Morgan fingerprint density at radius 3 is 2.42 bits per heavy atom. The monoisotopic (exact) mass is 363 g/mol. The van der Waals surface area contributed by atoms with Gasteiger partial charge < -0.3 is 20.1 Å². The Hall–Kier alpha value is -1.96. The van der Waals surface area contributed by atoms with E-state index in [0.717, 1.165) is 18.7 Å². The zero-order valence-electron chi connectivity index (χ0n) is 15.6. The van der Waals surface area contributed by atoms with Gasteiger partial charge in [0.2, 0.25) is 0 Å². The molecule has 1 saturated heterocycles. The molecule has 1 aromatic rings. The van der Waals surface area contributed by atoms with Crippen LogP contribution in [0.15, 0.2) is 30.3 Å². The number of morpholine rings is 1. The molecule has 0 aromatic heterocycles. The van der Waals surface area contributed by atoms with Gasteiger partial charge in [-0.3, -0.25) is 14.5 Å². The summed E-state index contributed by atoms with van der Waals surface area (Å²) in [6, 6.07) is 9.71. The largest absolute Gasteiger partial charge is 0.379 e. The van der Waals surface area contributed by atoms with Gasteiger partial charge in [0, 0.05) is 33.3 Å². The normalized spacial score (nSPS) is 17.3. The van der Waals surface area contributed by atoms with E-state index < -0.39 is 17.4 Å². The smallest absolute Gasteiger partial charge is 0.309 e. The van der Waals surface area contributed by atoms with Crippen molar-refractivity contribution in [2.45, 2.75) is 18.9 Å². The quantitative estimate of drug-likeness (QED) is 0.658. The van der Waals surface area contributed by atoms with Crippen molar-refractivity contribution in [3.05, 3.63) is 35.9 Å². The minimum Gasteiger partial charge on any atom is -0.379 e. The van der Waals surface area contributed by atoms with Gasteiger partial charge in [-0.15, -0.1) is 0 Å².